The van der Waals surface area contributed by atoms with Crippen molar-refractivity contribution >= 4 is 17.9 Å². The minimum atomic E-state index is -0.856. The Morgan fingerprint density at radius 2 is 1.68 bits per heavy atom. The lowest BCUT2D eigenvalue weighted by Gasteiger charge is -2.32. The van der Waals surface area contributed by atoms with Crippen LogP contribution in [0.25, 0.3) is 0 Å². The molecule has 0 aromatic rings. The predicted octanol–water partition coefficient (Wildman–Crippen LogP) is 0.325. The third-order valence-corrected chi connectivity index (χ3v) is 2.27. The van der Waals surface area contributed by atoms with Crippen LogP contribution in [0.4, 0.5) is 0 Å². The molecule has 1 aliphatic rings. The van der Waals surface area contributed by atoms with Gasteiger partial charge in [-0.1, -0.05) is 0 Å². The van der Waals surface area contributed by atoms with E-state index in [1.54, 1.807) is 0 Å². The average Bonchev–Trinajstić information content (AvgIpc) is 2.28. The lowest BCUT2D eigenvalue weighted by atomic mass is 10.1. The Balaban J connectivity index is 2.77. The number of carbonyl (C=O) groups is 3. The minimum Gasteiger partial charge on any atom is -0.491 e. The normalized spacial score (nSPS) is 25.1. The fourth-order valence-corrected chi connectivity index (χ4v) is 1.59. The second-order valence-corrected chi connectivity index (χ2v) is 3.95. The molecule has 1 rings (SSSR count). The van der Waals surface area contributed by atoms with Gasteiger partial charge in [0.2, 0.25) is 0 Å². The van der Waals surface area contributed by atoms with E-state index in [0.717, 1.165) is 0 Å². The van der Waals surface area contributed by atoms with Crippen molar-refractivity contribution in [1.29, 1.82) is 0 Å². The van der Waals surface area contributed by atoms with E-state index in [0.29, 0.717) is 0 Å². The molecule has 0 aromatic carbocycles. The summed E-state index contributed by atoms with van der Waals surface area (Å²) >= 11 is 0. The summed E-state index contributed by atoms with van der Waals surface area (Å²) in [6, 6.07) is 0. The molecule has 0 spiro atoms. The van der Waals surface area contributed by atoms with Gasteiger partial charge < -0.3 is 18.9 Å². The molecule has 0 radical (unpaired) electrons. The topological polar surface area (TPSA) is 88.1 Å². The first-order valence-electron chi connectivity index (χ1n) is 5.70. The third-order valence-electron chi connectivity index (χ3n) is 2.27. The van der Waals surface area contributed by atoms with Gasteiger partial charge >= 0.3 is 17.9 Å². The SMILES string of the molecule is CC(=O)OC[C@H]1O[13CH]=C[C@@H](OC(C)=O)[C@@H]1OC(C)=O. The van der Waals surface area contributed by atoms with E-state index in [1.165, 1.54) is 33.1 Å². The Bertz CT molecular complexity index is 388. The first-order chi connectivity index (χ1) is 8.90. The van der Waals surface area contributed by atoms with E-state index in [2.05, 4.69) is 0 Å². The Morgan fingerprint density at radius 1 is 1.05 bits per heavy atom. The van der Waals surface area contributed by atoms with Crippen molar-refractivity contribution in [3.8, 4) is 0 Å². The molecule has 7 nitrogen and oxygen atoms in total. The molecule has 0 bridgehead atoms. The van der Waals surface area contributed by atoms with Crippen LogP contribution in [-0.2, 0) is 33.3 Å². The Kier molecular flexibility index (Phi) is 5.35. The molecule has 0 amide bonds. The molecule has 0 N–H and O–H groups in total. The number of esters is 3. The van der Waals surface area contributed by atoms with Crippen LogP contribution in [0, 0.1) is 0 Å². The van der Waals surface area contributed by atoms with Crippen molar-refractivity contribution in [2.75, 3.05) is 6.61 Å². The van der Waals surface area contributed by atoms with E-state index in [4.69, 9.17) is 18.9 Å². The number of carbonyl (C=O) groups excluding carboxylic acids is 3. The highest BCUT2D eigenvalue weighted by molar-refractivity contribution is 5.68. The maximum absolute atomic E-state index is 11.1. The smallest absolute Gasteiger partial charge is 0.303 e. The van der Waals surface area contributed by atoms with Crippen LogP contribution in [0.2, 0.25) is 0 Å². The Labute approximate surface area is 110 Å². The fraction of sp³-hybridized carbons (Fsp3) is 0.583. The van der Waals surface area contributed by atoms with Crippen molar-refractivity contribution in [3.05, 3.63) is 12.3 Å². The lowest BCUT2D eigenvalue weighted by molar-refractivity contribution is -0.178. The zero-order valence-electron chi connectivity index (χ0n) is 11.0. The van der Waals surface area contributed by atoms with E-state index in [9.17, 15) is 14.4 Å². The van der Waals surface area contributed by atoms with Crippen LogP contribution in [0.3, 0.4) is 0 Å². The van der Waals surface area contributed by atoms with Crippen LogP contribution in [0.1, 0.15) is 20.8 Å². The summed E-state index contributed by atoms with van der Waals surface area (Å²) in [6.45, 7) is 3.62. The summed E-state index contributed by atoms with van der Waals surface area (Å²) in [5.74, 6) is -1.54. The van der Waals surface area contributed by atoms with Gasteiger partial charge in [-0.2, -0.15) is 0 Å². The quantitative estimate of drug-likeness (QED) is 0.414. The molecule has 0 saturated heterocycles. The maximum atomic E-state index is 11.1. The van der Waals surface area contributed by atoms with Gasteiger partial charge in [0.05, 0.1) is 6.26 Å². The van der Waals surface area contributed by atoms with E-state index < -0.39 is 36.2 Å². The highest BCUT2D eigenvalue weighted by Crippen LogP contribution is 2.19. The Hall–Kier alpha value is -2.05. The molecule has 19 heavy (non-hydrogen) atoms. The van der Waals surface area contributed by atoms with Crippen LogP contribution in [-0.4, -0.2) is 42.8 Å². The Morgan fingerprint density at radius 3 is 2.21 bits per heavy atom. The molecular formula is C12H16O7. The zero-order valence-corrected chi connectivity index (χ0v) is 11.0. The zero-order chi connectivity index (χ0) is 14.4. The van der Waals surface area contributed by atoms with Gasteiger partial charge in [0.15, 0.2) is 18.3 Å². The second-order valence-electron chi connectivity index (χ2n) is 3.95. The van der Waals surface area contributed by atoms with Gasteiger partial charge in [-0.15, -0.1) is 0 Å². The lowest BCUT2D eigenvalue weighted by Crippen LogP contribution is -2.47. The standard InChI is InChI=1S/C12H16O7/c1-7(13)17-6-11-12(19-9(3)15)10(4-5-16-11)18-8(2)14/h4-5,10-12H,6H2,1-3H3/t10-,11-,12+/m1/s1/i5+1. The highest BCUT2D eigenvalue weighted by atomic mass is 16.6. The molecule has 7 heteroatoms. The fourth-order valence-electron chi connectivity index (χ4n) is 1.59. The van der Waals surface area contributed by atoms with Gasteiger partial charge in [-0.3, -0.25) is 14.4 Å². The third kappa shape index (κ3) is 4.99. The summed E-state index contributed by atoms with van der Waals surface area (Å²) in [6.07, 6.45) is 0.435. The molecule has 1 heterocycles. The van der Waals surface area contributed by atoms with Crippen LogP contribution < -0.4 is 0 Å². The minimum absolute atomic E-state index is 0.102. The van der Waals surface area contributed by atoms with Gasteiger partial charge in [0.25, 0.3) is 0 Å². The summed E-state index contributed by atoms with van der Waals surface area (Å²) in [7, 11) is 0. The molecule has 0 aliphatic carbocycles. The first kappa shape index (κ1) is 15.0. The van der Waals surface area contributed by atoms with Crippen molar-refractivity contribution in [3.63, 3.8) is 0 Å². The van der Waals surface area contributed by atoms with Crippen molar-refractivity contribution in [2.45, 2.75) is 39.1 Å². The number of ether oxygens (including phenoxy) is 4. The van der Waals surface area contributed by atoms with Crippen molar-refractivity contribution in [1.82, 2.24) is 0 Å². The maximum Gasteiger partial charge on any atom is 0.303 e. The second kappa shape index (κ2) is 6.77. The van der Waals surface area contributed by atoms with Crippen LogP contribution in [0.15, 0.2) is 12.3 Å². The molecule has 0 aromatic heterocycles. The van der Waals surface area contributed by atoms with Crippen LogP contribution >= 0.6 is 0 Å². The van der Waals surface area contributed by atoms with Gasteiger partial charge in [-0.25, -0.2) is 0 Å². The number of hydrogen-bond donors (Lipinski definition) is 0. The summed E-state index contributed by atoms with van der Waals surface area (Å²) in [5, 5.41) is 0. The molecule has 106 valence electrons. The predicted molar refractivity (Wildman–Crippen MR) is 61.8 cm³/mol. The largest absolute Gasteiger partial charge is 0.491 e. The summed E-state index contributed by atoms with van der Waals surface area (Å²) in [4.78, 5) is 32.9. The number of rotatable bonds is 4. The van der Waals surface area contributed by atoms with Crippen molar-refractivity contribution < 1.29 is 33.3 Å². The molecule has 1 aliphatic heterocycles. The summed E-state index contributed by atoms with van der Waals surface area (Å²) < 4.78 is 20.1. The van der Waals surface area contributed by atoms with E-state index in [1.807, 2.05) is 0 Å². The molecule has 0 fully saturated rings. The van der Waals surface area contributed by atoms with Gasteiger partial charge in [0.1, 0.15) is 6.61 Å². The molecule has 0 saturated carbocycles. The first-order valence-corrected chi connectivity index (χ1v) is 5.70. The molecular weight excluding hydrogens is 257 g/mol. The highest BCUT2D eigenvalue weighted by Gasteiger charge is 2.37. The average molecular weight is 273 g/mol. The number of hydrogen-bond acceptors (Lipinski definition) is 7. The monoisotopic (exact) mass is 273 g/mol. The molecule has 3 atom stereocenters. The van der Waals surface area contributed by atoms with Gasteiger partial charge in [-0.05, 0) is 6.08 Å². The van der Waals surface area contributed by atoms with E-state index in [-0.39, 0.29) is 6.61 Å². The van der Waals surface area contributed by atoms with Gasteiger partial charge in [0, 0.05) is 20.8 Å². The molecule has 0 unspecified atom stereocenters. The van der Waals surface area contributed by atoms with Crippen LogP contribution in [0.5, 0.6) is 0 Å². The van der Waals surface area contributed by atoms with E-state index >= 15 is 0 Å². The van der Waals surface area contributed by atoms with Crippen molar-refractivity contribution in [2.24, 2.45) is 0 Å². The summed E-state index contributed by atoms with van der Waals surface area (Å²) in [5.41, 5.74) is 0.